The number of anilines is 2. The van der Waals surface area contributed by atoms with Crippen LogP contribution in [0.3, 0.4) is 0 Å². The maximum atomic E-state index is 12.1. The lowest BCUT2D eigenvalue weighted by Gasteiger charge is -2.05. The van der Waals surface area contributed by atoms with Crippen LogP contribution in [0, 0.1) is 5.92 Å². The summed E-state index contributed by atoms with van der Waals surface area (Å²) >= 11 is 1.31. The number of ketones is 1. The lowest BCUT2D eigenvalue weighted by molar-refractivity contribution is 0.0944. The zero-order chi connectivity index (χ0) is 15.4. The van der Waals surface area contributed by atoms with Crippen LogP contribution in [0.1, 0.15) is 29.4 Å². The summed E-state index contributed by atoms with van der Waals surface area (Å²) in [4.78, 5) is 16.6. The fourth-order valence-corrected chi connectivity index (χ4v) is 2.99. The smallest absolute Gasteiger partial charge is 0.228 e. The quantitative estimate of drug-likeness (QED) is 0.756. The number of hydrogen-bond donors (Lipinski definition) is 2. The first-order chi connectivity index (χ1) is 10.0. The van der Waals surface area contributed by atoms with Gasteiger partial charge in [0.1, 0.15) is 5.00 Å². The highest BCUT2D eigenvalue weighted by molar-refractivity contribution is 7.19. The number of methoxy groups -OCH3 is 1. The first-order valence-electron chi connectivity index (χ1n) is 6.54. The van der Waals surface area contributed by atoms with Crippen LogP contribution in [0.15, 0.2) is 10.9 Å². The molecule has 0 saturated carbocycles. The Morgan fingerprint density at radius 3 is 2.90 bits per heavy atom. The van der Waals surface area contributed by atoms with Gasteiger partial charge < -0.3 is 20.3 Å². The lowest BCUT2D eigenvalue weighted by atomic mass is 10.1. The molecule has 0 unspecified atom stereocenters. The summed E-state index contributed by atoms with van der Waals surface area (Å²) < 4.78 is 10.2. The monoisotopic (exact) mass is 310 g/mol. The summed E-state index contributed by atoms with van der Waals surface area (Å²) in [6, 6.07) is 0. The summed E-state index contributed by atoms with van der Waals surface area (Å²) in [6.07, 6.45) is 1.94. The number of nitrogen functional groups attached to an aromatic ring is 1. The summed E-state index contributed by atoms with van der Waals surface area (Å²) in [5, 5.41) is 7.47. The van der Waals surface area contributed by atoms with E-state index in [0.29, 0.717) is 35.2 Å². The predicted molar refractivity (Wildman–Crippen MR) is 80.9 cm³/mol. The molecule has 114 valence electrons. The van der Waals surface area contributed by atoms with Crippen molar-refractivity contribution in [2.45, 2.75) is 20.3 Å². The molecule has 0 aliphatic carbocycles. The van der Waals surface area contributed by atoms with Crippen LogP contribution in [0.25, 0.3) is 0 Å². The van der Waals surface area contributed by atoms with Gasteiger partial charge in [-0.2, -0.15) is 4.98 Å². The Labute approximate surface area is 126 Å². The molecule has 0 atom stereocenters. The highest BCUT2D eigenvalue weighted by Crippen LogP contribution is 2.43. The number of nitrogens with two attached hydrogens (primary N) is 1. The number of Topliss-reactive ketones (excluding diaryl/α,β-unsaturated/α-hetero) is 1. The molecule has 8 heteroatoms. The Bertz CT molecular complexity index is 607. The standard InChI is InChI=1S/C13H18N4O3S/c1-7(2)10(18)12-9(14)11(19-3)13(21-12)15-5-4-8-16-6-17-20-8/h6-7,15H,4-5,14H2,1-3H3. The van der Waals surface area contributed by atoms with Gasteiger partial charge in [-0.3, -0.25) is 4.79 Å². The molecule has 7 nitrogen and oxygen atoms in total. The molecule has 21 heavy (non-hydrogen) atoms. The zero-order valence-corrected chi connectivity index (χ0v) is 13.0. The van der Waals surface area contributed by atoms with Crippen molar-refractivity contribution < 1.29 is 14.1 Å². The minimum Gasteiger partial charge on any atom is -0.492 e. The number of thiophene rings is 1. The molecule has 0 aliphatic rings. The summed E-state index contributed by atoms with van der Waals surface area (Å²) in [7, 11) is 1.53. The van der Waals surface area contributed by atoms with Crippen molar-refractivity contribution in [3.05, 3.63) is 17.1 Å². The highest BCUT2D eigenvalue weighted by atomic mass is 32.1. The van der Waals surface area contributed by atoms with Gasteiger partial charge in [-0.1, -0.05) is 19.0 Å². The second-order valence-corrected chi connectivity index (χ2v) is 5.76. The van der Waals surface area contributed by atoms with E-state index in [1.807, 2.05) is 13.8 Å². The molecule has 2 aromatic heterocycles. The van der Waals surface area contributed by atoms with Crippen LogP contribution in [-0.4, -0.2) is 29.6 Å². The average Bonchev–Trinajstić information content (AvgIpc) is 3.06. The first-order valence-corrected chi connectivity index (χ1v) is 7.36. The number of ether oxygens (including phenoxy) is 1. The van der Waals surface area contributed by atoms with Crippen LogP contribution in [-0.2, 0) is 6.42 Å². The number of carbonyl (C=O) groups excluding carboxylic acids is 1. The zero-order valence-electron chi connectivity index (χ0n) is 12.2. The Balaban J connectivity index is 2.11. The first kappa shape index (κ1) is 15.3. The second kappa shape index (κ2) is 6.57. The third kappa shape index (κ3) is 3.33. The number of carbonyl (C=O) groups is 1. The van der Waals surface area contributed by atoms with Crippen molar-refractivity contribution in [1.29, 1.82) is 0 Å². The van der Waals surface area contributed by atoms with E-state index in [1.165, 1.54) is 24.8 Å². The molecule has 0 radical (unpaired) electrons. The highest BCUT2D eigenvalue weighted by Gasteiger charge is 2.23. The second-order valence-electron chi connectivity index (χ2n) is 4.74. The molecule has 3 N–H and O–H groups in total. The maximum Gasteiger partial charge on any atom is 0.228 e. The van der Waals surface area contributed by atoms with E-state index in [-0.39, 0.29) is 11.7 Å². The Morgan fingerprint density at radius 2 is 2.33 bits per heavy atom. The number of rotatable bonds is 7. The molecule has 2 heterocycles. The summed E-state index contributed by atoms with van der Waals surface area (Å²) in [5.41, 5.74) is 6.39. The van der Waals surface area contributed by atoms with E-state index in [9.17, 15) is 4.79 Å². The van der Waals surface area contributed by atoms with Gasteiger partial charge in [0.2, 0.25) is 5.89 Å². The third-order valence-electron chi connectivity index (χ3n) is 2.88. The largest absolute Gasteiger partial charge is 0.492 e. The van der Waals surface area contributed by atoms with Crippen LogP contribution >= 0.6 is 11.3 Å². The summed E-state index contributed by atoms with van der Waals surface area (Å²) in [5.74, 6) is 0.960. The lowest BCUT2D eigenvalue weighted by Crippen LogP contribution is -2.07. The van der Waals surface area contributed by atoms with Crippen molar-refractivity contribution in [1.82, 2.24) is 10.1 Å². The van der Waals surface area contributed by atoms with Crippen LogP contribution < -0.4 is 15.8 Å². The molecule has 2 aromatic rings. The van der Waals surface area contributed by atoms with Crippen LogP contribution in [0.5, 0.6) is 5.75 Å². The average molecular weight is 310 g/mol. The topological polar surface area (TPSA) is 103 Å². The maximum absolute atomic E-state index is 12.1. The number of aromatic nitrogens is 2. The molecule has 0 amide bonds. The van der Waals surface area contributed by atoms with Crippen molar-refractivity contribution in [2.24, 2.45) is 5.92 Å². The predicted octanol–water partition coefficient (Wildman–Crippen LogP) is 2.22. The van der Waals surface area contributed by atoms with E-state index in [0.717, 1.165) is 5.00 Å². The molecule has 2 rings (SSSR count). The minimum atomic E-state index is -0.109. The van der Waals surface area contributed by atoms with Crippen molar-refractivity contribution in [2.75, 3.05) is 24.7 Å². The van der Waals surface area contributed by atoms with Gasteiger partial charge in [0, 0.05) is 18.9 Å². The minimum absolute atomic E-state index is 0.0146. The molecule has 0 saturated heterocycles. The van der Waals surface area contributed by atoms with Gasteiger partial charge in [0.25, 0.3) is 0 Å². The Morgan fingerprint density at radius 1 is 1.57 bits per heavy atom. The Kier molecular flexibility index (Phi) is 4.79. The summed E-state index contributed by atoms with van der Waals surface area (Å²) in [6.45, 7) is 4.26. The van der Waals surface area contributed by atoms with E-state index in [2.05, 4.69) is 15.5 Å². The van der Waals surface area contributed by atoms with Crippen molar-refractivity contribution >= 4 is 27.8 Å². The van der Waals surface area contributed by atoms with Crippen molar-refractivity contribution in [3.63, 3.8) is 0 Å². The van der Waals surface area contributed by atoms with E-state index in [1.54, 1.807) is 0 Å². The molecule has 0 bridgehead atoms. The fraction of sp³-hybridized carbons (Fsp3) is 0.462. The number of hydrogen-bond acceptors (Lipinski definition) is 8. The fourth-order valence-electron chi connectivity index (χ4n) is 1.78. The molecular formula is C13H18N4O3S. The van der Waals surface area contributed by atoms with Gasteiger partial charge in [-0.05, 0) is 0 Å². The third-order valence-corrected chi connectivity index (χ3v) is 4.04. The number of nitrogens with zero attached hydrogens (tertiary/aromatic N) is 2. The Hall–Kier alpha value is -2.09. The normalized spacial score (nSPS) is 10.9. The molecule has 0 aliphatic heterocycles. The molecular weight excluding hydrogens is 292 g/mol. The van der Waals surface area contributed by atoms with Gasteiger partial charge >= 0.3 is 0 Å². The molecule has 0 aromatic carbocycles. The van der Waals surface area contributed by atoms with Gasteiger partial charge in [-0.15, -0.1) is 11.3 Å². The van der Waals surface area contributed by atoms with E-state index >= 15 is 0 Å². The van der Waals surface area contributed by atoms with E-state index < -0.39 is 0 Å². The van der Waals surface area contributed by atoms with Gasteiger partial charge in [-0.25, -0.2) is 0 Å². The van der Waals surface area contributed by atoms with Crippen molar-refractivity contribution in [3.8, 4) is 5.75 Å². The molecule has 0 spiro atoms. The van der Waals surface area contributed by atoms with Gasteiger partial charge in [0.05, 0.1) is 17.7 Å². The SMILES string of the molecule is COc1c(NCCc2ncno2)sc(C(=O)C(C)C)c1N. The van der Waals surface area contributed by atoms with Gasteiger partial charge in [0.15, 0.2) is 17.9 Å². The van der Waals surface area contributed by atoms with Crippen LogP contribution in [0.4, 0.5) is 10.7 Å². The van der Waals surface area contributed by atoms with Crippen LogP contribution in [0.2, 0.25) is 0 Å². The number of nitrogens with one attached hydrogen (secondary N) is 1. The molecule has 0 fully saturated rings. The van der Waals surface area contributed by atoms with E-state index in [4.69, 9.17) is 15.0 Å².